The summed E-state index contributed by atoms with van der Waals surface area (Å²) in [5.74, 6) is -1.60. The van der Waals surface area contributed by atoms with Gasteiger partial charge in [0.1, 0.15) is 0 Å². The van der Waals surface area contributed by atoms with Gasteiger partial charge in [0.15, 0.2) is 6.04 Å². The van der Waals surface area contributed by atoms with Gasteiger partial charge in [0.25, 0.3) is 0 Å². The number of nitrogens with zero attached hydrogens (tertiary/aromatic N) is 2. The van der Waals surface area contributed by atoms with E-state index in [2.05, 4.69) is 10.4 Å². The zero-order valence-corrected chi connectivity index (χ0v) is 10.5. The number of amides is 1. The van der Waals surface area contributed by atoms with E-state index in [1.807, 2.05) is 6.92 Å². The third-order valence-corrected chi connectivity index (χ3v) is 2.53. The standard InChI is InChI=1S/C11H18N4O3/c1-3-4-8(12)10(16)14-9(11(17)18)7-5-13-15(2)6-7/h5-6,8-9H,3-4,12H2,1-2H3,(H,14,16)(H,17,18)/t8-,9?/m1/s1. The number of nitrogens with two attached hydrogens (primary N) is 1. The number of carboxylic acids is 1. The van der Waals surface area contributed by atoms with Crippen molar-refractivity contribution in [1.29, 1.82) is 0 Å². The highest BCUT2D eigenvalue weighted by atomic mass is 16.4. The number of hydrogen-bond donors (Lipinski definition) is 3. The van der Waals surface area contributed by atoms with E-state index in [9.17, 15) is 9.59 Å². The summed E-state index contributed by atoms with van der Waals surface area (Å²) >= 11 is 0. The molecule has 2 atom stereocenters. The molecule has 0 aliphatic rings. The fourth-order valence-corrected chi connectivity index (χ4v) is 1.57. The maximum atomic E-state index is 11.7. The number of hydrogen-bond acceptors (Lipinski definition) is 4. The van der Waals surface area contributed by atoms with Gasteiger partial charge < -0.3 is 16.2 Å². The molecule has 1 aromatic heterocycles. The lowest BCUT2D eigenvalue weighted by Gasteiger charge is -2.16. The first-order chi connectivity index (χ1) is 8.45. The Balaban J connectivity index is 2.76. The molecule has 0 aromatic carbocycles. The molecule has 0 bridgehead atoms. The number of rotatable bonds is 6. The van der Waals surface area contributed by atoms with Crippen LogP contribution in [0.5, 0.6) is 0 Å². The van der Waals surface area contributed by atoms with E-state index < -0.39 is 24.0 Å². The minimum absolute atomic E-state index is 0.419. The van der Waals surface area contributed by atoms with E-state index >= 15 is 0 Å². The highest BCUT2D eigenvalue weighted by Crippen LogP contribution is 2.12. The molecule has 4 N–H and O–H groups in total. The Morgan fingerprint density at radius 1 is 1.61 bits per heavy atom. The molecule has 7 nitrogen and oxygen atoms in total. The normalized spacial score (nSPS) is 13.9. The lowest BCUT2D eigenvalue weighted by molar-refractivity contribution is -0.142. The van der Waals surface area contributed by atoms with Crippen LogP contribution < -0.4 is 11.1 Å². The van der Waals surface area contributed by atoms with Crippen LogP contribution in [0.1, 0.15) is 31.4 Å². The van der Waals surface area contributed by atoms with Gasteiger partial charge in [0.05, 0.1) is 12.2 Å². The first-order valence-corrected chi connectivity index (χ1v) is 5.73. The maximum Gasteiger partial charge on any atom is 0.331 e. The van der Waals surface area contributed by atoms with Crippen LogP contribution >= 0.6 is 0 Å². The lowest BCUT2D eigenvalue weighted by Crippen LogP contribution is -2.44. The molecule has 1 aromatic rings. The Bertz CT molecular complexity index is 430. The van der Waals surface area contributed by atoms with Crippen molar-refractivity contribution in [1.82, 2.24) is 15.1 Å². The fraction of sp³-hybridized carbons (Fsp3) is 0.545. The number of aryl methyl sites for hydroxylation is 1. The molecule has 1 amide bonds. The Morgan fingerprint density at radius 3 is 2.72 bits per heavy atom. The number of carbonyl (C=O) groups is 2. The molecule has 100 valence electrons. The monoisotopic (exact) mass is 254 g/mol. The summed E-state index contributed by atoms with van der Waals surface area (Å²) in [6.45, 7) is 1.91. The lowest BCUT2D eigenvalue weighted by atomic mass is 10.1. The average Bonchev–Trinajstić information content (AvgIpc) is 2.72. The molecular formula is C11H18N4O3. The topological polar surface area (TPSA) is 110 Å². The van der Waals surface area contributed by atoms with E-state index in [0.717, 1.165) is 6.42 Å². The first kappa shape index (κ1) is 14.2. The smallest absolute Gasteiger partial charge is 0.331 e. The van der Waals surface area contributed by atoms with Crippen LogP contribution in [0.25, 0.3) is 0 Å². The van der Waals surface area contributed by atoms with E-state index in [1.54, 1.807) is 13.2 Å². The third-order valence-electron chi connectivity index (χ3n) is 2.53. The highest BCUT2D eigenvalue weighted by molar-refractivity contribution is 5.87. The largest absolute Gasteiger partial charge is 0.479 e. The van der Waals surface area contributed by atoms with Crippen molar-refractivity contribution < 1.29 is 14.7 Å². The summed E-state index contributed by atoms with van der Waals surface area (Å²) in [6.07, 6.45) is 4.24. The van der Waals surface area contributed by atoms with Gasteiger partial charge in [-0.05, 0) is 6.42 Å². The molecule has 7 heteroatoms. The van der Waals surface area contributed by atoms with E-state index in [0.29, 0.717) is 12.0 Å². The molecule has 0 spiro atoms. The quantitative estimate of drug-likeness (QED) is 0.650. The summed E-state index contributed by atoms with van der Waals surface area (Å²) in [4.78, 5) is 22.8. The number of aliphatic carboxylic acids is 1. The van der Waals surface area contributed by atoms with E-state index in [-0.39, 0.29) is 0 Å². The van der Waals surface area contributed by atoms with Crippen molar-refractivity contribution in [3.05, 3.63) is 18.0 Å². The van der Waals surface area contributed by atoms with Gasteiger partial charge in [0, 0.05) is 18.8 Å². The molecular weight excluding hydrogens is 236 g/mol. The third kappa shape index (κ3) is 3.56. The van der Waals surface area contributed by atoms with Gasteiger partial charge in [-0.1, -0.05) is 13.3 Å². The van der Waals surface area contributed by atoms with Crippen LogP contribution in [0.3, 0.4) is 0 Å². The molecule has 0 saturated carbocycles. The van der Waals surface area contributed by atoms with Crippen LogP contribution in [-0.4, -0.2) is 32.8 Å². The van der Waals surface area contributed by atoms with Crippen molar-refractivity contribution in [3.63, 3.8) is 0 Å². The van der Waals surface area contributed by atoms with Crippen molar-refractivity contribution in [2.24, 2.45) is 12.8 Å². The van der Waals surface area contributed by atoms with Crippen LogP contribution in [0.4, 0.5) is 0 Å². The van der Waals surface area contributed by atoms with Gasteiger partial charge in [-0.3, -0.25) is 9.48 Å². The van der Waals surface area contributed by atoms with Crippen LogP contribution in [0.2, 0.25) is 0 Å². The fourth-order valence-electron chi connectivity index (χ4n) is 1.57. The second-order valence-electron chi connectivity index (χ2n) is 4.12. The van der Waals surface area contributed by atoms with Gasteiger partial charge in [-0.2, -0.15) is 5.10 Å². The summed E-state index contributed by atoms with van der Waals surface area (Å²) < 4.78 is 1.48. The zero-order valence-electron chi connectivity index (χ0n) is 10.5. The van der Waals surface area contributed by atoms with Crippen molar-refractivity contribution >= 4 is 11.9 Å². The molecule has 18 heavy (non-hydrogen) atoms. The summed E-state index contributed by atoms with van der Waals surface area (Å²) in [5, 5.41) is 15.4. The number of carboxylic acid groups (broad SMARTS) is 1. The second-order valence-corrected chi connectivity index (χ2v) is 4.12. The average molecular weight is 254 g/mol. The van der Waals surface area contributed by atoms with Gasteiger partial charge in [-0.25, -0.2) is 4.79 Å². The van der Waals surface area contributed by atoms with Crippen LogP contribution in [-0.2, 0) is 16.6 Å². The van der Waals surface area contributed by atoms with Crippen LogP contribution in [0.15, 0.2) is 12.4 Å². The first-order valence-electron chi connectivity index (χ1n) is 5.73. The van der Waals surface area contributed by atoms with Crippen molar-refractivity contribution in [2.75, 3.05) is 0 Å². The minimum Gasteiger partial charge on any atom is -0.479 e. The predicted molar refractivity (Wildman–Crippen MR) is 64.6 cm³/mol. The molecule has 0 aliphatic carbocycles. The van der Waals surface area contributed by atoms with E-state index in [1.165, 1.54) is 10.9 Å². The molecule has 0 aliphatic heterocycles. The Hall–Kier alpha value is -1.89. The van der Waals surface area contributed by atoms with Gasteiger partial charge in [0.2, 0.25) is 5.91 Å². The molecule has 0 radical (unpaired) electrons. The van der Waals surface area contributed by atoms with Crippen molar-refractivity contribution in [3.8, 4) is 0 Å². The zero-order chi connectivity index (χ0) is 13.7. The highest BCUT2D eigenvalue weighted by Gasteiger charge is 2.25. The SMILES string of the molecule is CCC[C@@H](N)C(=O)NC(C(=O)O)c1cnn(C)c1. The van der Waals surface area contributed by atoms with E-state index in [4.69, 9.17) is 10.8 Å². The van der Waals surface area contributed by atoms with Crippen molar-refractivity contribution in [2.45, 2.75) is 31.8 Å². The van der Waals surface area contributed by atoms with Gasteiger partial charge >= 0.3 is 5.97 Å². The maximum absolute atomic E-state index is 11.7. The molecule has 1 unspecified atom stereocenters. The minimum atomic E-state index is -1.14. The predicted octanol–water partition coefficient (Wildman–Crippen LogP) is -0.211. The molecule has 0 saturated heterocycles. The number of carbonyl (C=O) groups excluding carboxylic acids is 1. The summed E-state index contributed by atoms with van der Waals surface area (Å²) in [5.41, 5.74) is 6.05. The summed E-state index contributed by atoms with van der Waals surface area (Å²) in [7, 11) is 1.67. The molecule has 1 heterocycles. The van der Waals surface area contributed by atoms with Crippen LogP contribution in [0, 0.1) is 0 Å². The summed E-state index contributed by atoms with van der Waals surface area (Å²) in [6, 6.07) is -1.80. The van der Waals surface area contributed by atoms with Gasteiger partial charge in [-0.15, -0.1) is 0 Å². The Kier molecular flexibility index (Phi) is 4.85. The molecule has 0 fully saturated rings. The second kappa shape index (κ2) is 6.15. The number of aromatic nitrogens is 2. The number of nitrogens with one attached hydrogen (secondary N) is 1. The Morgan fingerprint density at radius 2 is 2.28 bits per heavy atom. The molecule has 1 rings (SSSR count). The Labute approximate surface area is 105 Å².